The normalized spacial score (nSPS) is 10.6. The molecule has 0 spiro atoms. The molecule has 0 radical (unpaired) electrons. The lowest BCUT2D eigenvalue weighted by Crippen LogP contribution is -2.06. The molecule has 5 nitrogen and oxygen atoms in total. The summed E-state index contributed by atoms with van der Waals surface area (Å²) in [7, 11) is 1.66. The van der Waals surface area contributed by atoms with Crippen LogP contribution in [0, 0.1) is 6.92 Å². The van der Waals surface area contributed by atoms with E-state index in [1.54, 1.807) is 7.11 Å². The molecule has 2 aromatic carbocycles. The third kappa shape index (κ3) is 3.40. The standard InChI is InChI=1S/C19H22N4O/c1-4-11-20-18-14-7-5-6-8-15(14)21-19(23-18)22-16-12-13(2)9-10-17(16)24-3/h5-10,12H,4,11H2,1-3H3,(H2,20,21,22,23). The topological polar surface area (TPSA) is 59.1 Å². The van der Waals surface area contributed by atoms with Gasteiger partial charge < -0.3 is 15.4 Å². The molecule has 124 valence electrons. The fourth-order valence-corrected chi connectivity index (χ4v) is 2.55. The van der Waals surface area contributed by atoms with E-state index in [4.69, 9.17) is 4.74 Å². The summed E-state index contributed by atoms with van der Waals surface area (Å²) in [5.74, 6) is 2.16. The van der Waals surface area contributed by atoms with Gasteiger partial charge in [0.2, 0.25) is 5.95 Å². The molecule has 0 aliphatic carbocycles. The van der Waals surface area contributed by atoms with Crippen LogP contribution in [0.2, 0.25) is 0 Å². The zero-order valence-electron chi connectivity index (χ0n) is 14.3. The second-order valence-electron chi connectivity index (χ2n) is 5.67. The van der Waals surface area contributed by atoms with Crippen molar-refractivity contribution in [2.75, 3.05) is 24.3 Å². The molecule has 3 aromatic rings. The zero-order chi connectivity index (χ0) is 16.9. The average Bonchev–Trinajstić information content (AvgIpc) is 2.60. The van der Waals surface area contributed by atoms with Crippen LogP contribution in [0.3, 0.4) is 0 Å². The smallest absolute Gasteiger partial charge is 0.229 e. The Bertz CT molecular complexity index is 848. The fraction of sp³-hybridized carbons (Fsp3) is 0.263. The number of aryl methyl sites for hydroxylation is 1. The average molecular weight is 322 g/mol. The van der Waals surface area contributed by atoms with Crippen LogP contribution in [-0.2, 0) is 0 Å². The highest BCUT2D eigenvalue weighted by atomic mass is 16.5. The zero-order valence-corrected chi connectivity index (χ0v) is 14.3. The molecule has 0 saturated heterocycles. The van der Waals surface area contributed by atoms with Crippen molar-refractivity contribution in [3.05, 3.63) is 48.0 Å². The van der Waals surface area contributed by atoms with E-state index >= 15 is 0 Å². The maximum absolute atomic E-state index is 5.42. The highest BCUT2D eigenvalue weighted by Crippen LogP contribution is 2.29. The first-order valence-corrected chi connectivity index (χ1v) is 8.13. The molecular formula is C19H22N4O. The summed E-state index contributed by atoms with van der Waals surface area (Å²) in [5, 5.41) is 7.69. The van der Waals surface area contributed by atoms with Crippen molar-refractivity contribution in [1.82, 2.24) is 9.97 Å². The molecule has 24 heavy (non-hydrogen) atoms. The fourth-order valence-electron chi connectivity index (χ4n) is 2.55. The summed E-state index contributed by atoms with van der Waals surface area (Å²) in [6.45, 7) is 5.04. The minimum Gasteiger partial charge on any atom is -0.495 e. The molecule has 0 atom stereocenters. The maximum Gasteiger partial charge on any atom is 0.229 e. The molecule has 2 N–H and O–H groups in total. The number of methoxy groups -OCH3 is 1. The van der Waals surface area contributed by atoms with Gasteiger partial charge in [-0.05, 0) is 43.2 Å². The summed E-state index contributed by atoms with van der Waals surface area (Å²) >= 11 is 0. The number of nitrogens with zero attached hydrogens (tertiary/aromatic N) is 2. The first-order chi connectivity index (χ1) is 11.7. The second-order valence-corrected chi connectivity index (χ2v) is 5.67. The van der Waals surface area contributed by atoms with E-state index < -0.39 is 0 Å². The summed E-state index contributed by atoms with van der Waals surface area (Å²) in [6.07, 6.45) is 1.03. The molecule has 0 fully saturated rings. The van der Waals surface area contributed by atoms with E-state index in [1.165, 1.54) is 0 Å². The van der Waals surface area contributed by atoms with Gasteiger partial charge in [-0.3, -0.25) is 0 Å². The quantitative estimate of drug-likeness (QED) is 0.699. The lowest BCUT2D eigenvalue weighted by Gasteiger charge is -2.13. The monoisotopic (exact) mass is 322 g/mol. The van der Waals surface area contributed by atoms with Crippen molar-refractivity contribution in [2.45, 2.75) is 20.3 Å². The number of rotatable bonds is 6. The first-order valence-electron chi connectivity index (χ1n) is 8.13. The highest BCUT2D eigenvalue weighted by Gasteiger charge is 2.10. The van der Waals surface area contributed by atoms with Crippen molar-refractivity contribution in [2.24, 2.45) is 0 Å². The molecule has 3 rings (SSSR count). The van der Waals surface area contributed by atoms with Gasteiger partial charge in [0.25, 0.3) is 0 Å². The van der Waals surface area contributed by atoms with Crippen molar-refractivity contribution < 1.29 is 4.74 Å². The van der Waals surface area contributed by atoms with E-state index in [0.29, 0.717) is 5.95 Å². The number of hydrogen-bond donors (Lipinski definition) is 2. The molecule has 0 bridgehead atoms. The van der Waals surface area contributed by atoms with Gasteiger partial charge in [0, 0.05) is 11.9 Å². The van der Waals surface area contributed by atoms with Gasteiger partial charge in [-0.25, -0.2) is 4.98 Å². The number of anilines is 3. The van der Waals surface area contributed by atoms with E-state index in [0.717, 1.165) is 46.7 Å². The number of para-hydroxylation sites is 1. The van der Waals surface area contributed by atoms with Crippen LogP contribution in [0.1, 0.15) is 18.9 Å². The third-order valence-corrected chi connectivity index (χ3v) is 3.75. The third-order valence-electron chi connectivity index (χ3n) is 3.75. The van der Waals surface area contributed by atoms with Gasteiger partial charge in [-0.1, -0.05) is 25.1 Å². The summed E-state index contributed by atoms with van der Waals surface area (Å²) in [5.41, 5.74) is 2.90. The van der Waals surface area contributed by atoms with Crippen molar-refractivity contribution in [1.29, 1.82) is 0 Å². The Balaban J connectivity index is 2.02. The maximum atomic E-state index is 5.42. The summed E-state index contributed by atoms with van der Waals surface area (Å²) in [6, 6.07) is 14.0. The molecule has 1 aromatic heterocycles. The predicted molar refractivity (Wildman–Crippen MR) is 99.3 cm³/mol. The molecular weight excluding hydrogens is 300 g/mol. The Morgan fingerprint density at radius 1 is 1.08 bits per heavy atom. The van der Waals surface area contributed by atoms with E-state index in [2.05, 4.69) is 27.5 Å². The minimum atomic E-state index is 0.552. The van der Waals surface area contributed by atoms with Crippen LogP contribution in [0.5, 0.6) is 5.75 Å². The SMILES string of the molecule is CCCNc1nc(Nc2cc(C)ccc2OC)nc2ccccc12. The Labute approximate surface area is 142 Å². The second kappa shape index (κ2) is 7.17. The largest absolute Gasteiger partial charge is 0.495 e. The van der Waals surface area contributed by atoms with Crippen LogP contribution in [-0.4, -0.2) is 23.6 Å². The van der Waals surface area contributed by atoms with Crippen LogP contribution < -0.4 is 15.4 Å². The van der Waals surface area contributed by atoms with Gasteiger partial charge in [0.15, 0.2) is 0 Å². The number of hydrogen-bond acceptors (Lipinski definition) is 5. The number of fused-ring (bicyclic) bond motifs is 1. The molecule has 1 heterocycles. The number of ether oxygens (including phenoxy) is 1. The van der Waals surface area contributed by atoms with Crippen LogP contribution in [0.25, 0.3) is 10.9 Å². The van der Waals surface area contributed by atoms with Crippen LogP contribution >= 0.6 is 0 Å². The summed E-state index contributed by atoms with van der Waals surface area (Å²) < 4.78 is 5.42. The molecule has 0 aliphatic rings. The number of aromatic nitrogens is 2. The van der Waals surface area contributed by atoms with E-state index in [1.807, 2.05) is 49.4 Å². The Morgan fingerprint density at radius 2 is 1.92 bits per heavy atom. The number of nitrogens with one attached hydrogen (secondary N) is 2. The molecule has 0 amide bonds. The van der Waals surface area contributed by atoms with Crippen LogP contribution in [0.15, 0.2) is 42.5 Å². The summed E-state index contributed by atoms with van der Waals surface area (Å²) in [4.78, 5) is 9.28. The van der Waals surface area contributed by atoms with Gasteiger partial charge in [0.05, 0.1) is 18.3 Å². The Kier molecular flexibility index (Phi) is 4.79. The van der Waals surface area contributed by atoms with Crippen molar-refractivity contribution in [3.8, 4) is 5.75 Å². The van der Waals surface area contributed by atoms with Gasteiger partial charge >= 0.3 is 0 Å². The van der Waals surface area contributed by atoms with Gasteiger partial charge in [0.1, 0.15) is 11.6 Å². The highest BCUT2D eigenvalue weighted by molar-refractivity contribution is 5.90. The van der Waals surface area contributed by atoms with Crippen LogP contribution in [0.4, 0.5) is 17.5 Å². The molecule has 0 saturated carbocycles. The molecule has 0 aliphatic heterocycles. The minimum absolute atomic E-state index is 0.552. The Hall–Kier alpha value is -2.82. The molecule has 0 unspecified atom stereocenters. The van der Waals surface area contributed by atoms with Crippen molar-refractivity contribution >= 4 is 28.4 Å². The van der Waals surface area contributed by atoms with Gasteiger partial charge in [-0.2, -0.15) is 4.98 Å². The molecule has 5 heteroatoms. The van der Waals surface area contributed by atoms with E-state index in [-0.39, 0.29) is 0 Å². The van der Waals surface area contributed by atoms with Crippen molar-refractivity contribution in [3.63, 3.8) is 0 Å². The Morgan fingerprint density at radius 3 is 2.71 bits per heavy atom. The lowest BCUT2D eigenvalue weighted by molar-refractivity contribution is 0.416. The predicted octanol–water partition coefficient (Wildman–Crippen LogP) is 4.51. The first kappa shape index (κ1) is 16.1. The van der Waals surface area contributed by atoms with E-state index in [9.17, 15) is 0 Å². The lowest BCUT2D eigenvalue weighted by atomic mass is 10.2. The van der Waals surface area contributed by atoms with Gasteiger partial charge in [-0.15, -0.1) is 0 Å². The number of benzene rings is 2.